The molecule has 32 heavy (non-hydrogen) atoms. The van der Waals surface area contributed by atoms with Crippen LogP contribution in [-0.4, -0.2) is 44.2 Å². The van der Waals surface area contributed by atoms with Crippen LogP contribution in [0.4, 0.5) is 0 Å². The van der Waals surface area contributed by atoms with Crippen molar-refractivity contribution >= 4 is 27.9 Å². The molecule has 2 aromatic rings. The van der Waals surface area contributed by atoms with Gasteiger partial charge in [0.2, 0.25) is 10.0 Å². The van der Waals surface area contributed by atoms with E-state index in [1.807, 2.05) is 32.1 Å². The Balaban J connectivity index is 1.63. The van der Waals surface area contributed by atoms with Crippen LogP contribution in [0.3, 0.4) is 0 Å². The highest BCUT2D eigenvalue weighted by molar-refractivity contribution is 7.89. The summed E-state index contributed by atoms with van der Waals surface area (Å²) in [6.45, 7) is 8.58. The number of benzene rings is 2. The summed E-state index contributed by atoms with van der Waals surface area (Å²) in [5.74, 6) is -0.901. The van der Waals surface area contributed by atoms with Gasteiger partial charge in [0.25, 0.3) is 11.8 Å². The lowest BCUT2D eigenvalue weighted by atomic mass is 9.98. The molecule has 0 bridgehead atoms. The molecule has 0 fully saturated rings. The normalized spacial score (nSPS) is 15.7. The molecular formula is C24H29N3O4S. The molecule has 170 valence electrons. The first-order valence-electron chi connectivity index (χ1n) is 10.8. The largest absolute Gasteiger partial charge is 0.352 e. The molecule has 0 aromatic heterocycles. The highest BCUT2D eigenvalue weighted by atomic mass is 32.2. The van der Waals surface area contributed by atoms with Gasteiger partial charge in [0, 0.05) is 25.2 Å². The number of rotatable bonds is 8. The minimum Gasteiger partial charge on any atom is -0.352 e. The number of hydrogen-bond acceptors (Lipinski definition) is 4. The van der Waals surface area contributed by atoms with Crippen LogP contribution in [0, 0.1) is 19.8 Å². The molecular weight excluding hydrogens is 426 g/mol. The van der Waals surface area contributed by atoms with E-state index < -0.39 is 10.0 Å². The summed E-state index contributed by atoms with van der Waals surface area (Å²) >= 11 is 0. The van der Waals surface area contributed by atoms with Crippen molar-refractivity contribution in [2.24, 2.45) is 10.9 Å². The van der Waals surface area contributed by atoms with Gasteiger partial charge in [0.15, 0.2) is 0 Å². The van der Waals surface area contributed by atoms with Gasteiger partial charge < -0.3 is 5.32 Å². The van der Waals surface area contributed by atoms with E-state index in [9.17, 15) is 18.0 Å². The molecule has 0 saturated heterocycles. The van der Waals surface area contributed by atoms with Crippen molar-refractivity contribution in [3.63, 3.8) is 0 Å². The Morgan fingerprint density at radius 2 is 1.72 bits per heavy atom. The van der Waals surface area contributed by atoms with Crippen molar-refractivity contribution in [3.05, 3.63) is 63.7 Å². The molecule has 3 rings (SSSR count). The van der Waals surface area contributed by atoms with E-state index in [0.717, 1.165) is 21.7 Å². The molecule has 0 spiro atoms. The molecule has 2 amide bonds. The van der Waals surface area contributed by atoms with Gasteiger partial charge in [-0.05, 0) is 60.9 Å². The standard InChI is InChI=1S/C24H29N3O4S/c1-5-27(6-2)32(30,31)21-11-9-18(10-12-21)23(28)25-14-13-20-15-19-8-7-16(3)17(4)22(19)26-24(20)29/h7-12,15,20H,5-6,13-14H2,1-4H3,(H,25,28). The van der Waals surface area contributed by atoms with Crippen molar-refractivity contribution in [2.75, 3.05) is 19.6 Å². The van der Waals surface area contributed by atoms with Crippen LogP contribution in [0.15, 0.2) is 46.3 Å². The van der Waals surface area contributed by atoms with Crippen LogP contribution < -0.4 is 15.9 Å². The SMILES string of the molecule is CCN(CC)S(=O)(=O)c1ccc(C(=O)NCCC2C=c3ccc(C)c(C)c3=NC2=O)cc1. The van der Waals surface area contributed by atoms with Crippen molar-refractivity contribution in [1.29, 1.82) is 0 Å². The molecule has 8 heteroatoms. The van der Waals surface area contributed by atoms with E-state index in [-0.39, 0.29) is 22.6 Å². The average molecular weight is 456 g/mol. The minimum atomic E-state index is -3.56. The van der Waals surface area contributed by atoms with Gasteiger partial charge in [-0.2, -0.15) is 4.31 Å². The molecule has 2 aromatic carbocycles. The van der Waals surface area contributed by atoms with Crippen LogP contribution in [0.1, 0.15) is 41.8 Å². The van der Waals surface area contributed by atoms with Crippen LogP contribution in [0.5, 0.6) is 0 Å². The third kappa shape index (κ3) is 4.81. The predicted octanol–water partition coefficient (Wildman–Crippen LogP) is 1.71. The molecule has 0 saturated carbocycles. The first-order valence-corrected chi connectivity index (χ1v) is 12.2. The molecule has 0 radical (unpaired) electrons. The first kappa shape index (κ1) is 23.8. The van der Waals surface area contributed by atoms with E-state index in [1.54, 1.807) is 13.8 Å². The van der Waals surface area contributed by atoms with Gasteiger partial charge in [0.1, 0.15) is 0 Å². The molecule has 0 aliphatic carbocycles. The Labute approximate surface area is 188 Å². The minimum absolute atomic E-state index is 0.158. The zero-order valence-corrected chi connectivity index (χ0v) is 19.7. The molecule has 1 aliphatic rings. The van der Waals surface area contributed by atoms with Crippen molar-refractivity contribution < 1.29 is 18.0 Å². The van der Waals surface area contributed by atoms with Crippen LogP contribution in [0.25, 0.3) is 6.08 Å². The number of aryl methyl sites for hydroxylation is 1. The topological polar surface area (TPSA) is 95.9 Å². The van der Waals surface area contributed by atoms with E-state index >= 15 is 0 Å². The second-order valence-corrected chi connectivity index (χ2v) is 9.76. The lowest BCUT2D eigenvalue weighted by molar-refractivity contribution is -0.120. The number of nitrogens with one attached hydrogen (secondary N) is 1. The molecule has 1 atom stereocenters. The predicted molar refractivity (Wildman–Crippen MR) is 123 cm³/mol. The van der Waals surface area contributed by atoms with E-state index in [0.29, 0.717) is 31.6 Å². The van der Waals surface area contributed by atoms with E-state index in [1.165, 1.54) is 28.6 Å². The number of fused-ring (bicyclic) bond motifs is 1. The fourth-order valence-electron chi connectivity index (χ4n) is 3.73. The van der Waals surface area contributed by atoms with Gasteiger partial charge in [0.05, 0.1) is 16.2 Å². The summed E-state index contributed by atoms with van der Waals surface area (Å²) in [6.07, 6.45) is 2.35. The summed E-state index contributed by atoms with van der Waals surface area (Å²) in [5.41, 5.74) is 2.46. The second-order valence-electron chi connectivity index (χ2n) is 7.83. The Kier molecular flexibility index (Phi) is 7.26. The van der Waals surface area contributed by atoms with Crippen molar-refractivity contribution in [3.8, 4) is 0 Å². The van der Waals surface area contributed by atoms with Crippen LogP contribution >= 0.6 is 0 Å². The maximum Gasteiger partial charge on any atom is 0.253 e. The Morgan fingerprint density at radius 1 is 1.06 bits per heavy atom. The van der Waals surface area contributed by atoms with Gasteiger partial charge in [-0.1, -0.05) is 32.1 Å². The average Bonchev–Trinajstić information content (AvgIpc) is 2.78. The third-order valence-corrected chi connectivity index (χ3v) is 7.92. The lowest BCUT2D eigenvalue weighted by Crippen LogP contribution is -2.37. The van der Waals surface area contributed by atoms with Crippen LogP contribution in [0.2, 0.25) is 0 Å². The number of carbonyl (C=O) groups is 2. The summed E-state index contributed by atoms with van der Waals surface area (Å²) in [7, 11) is -3.56. The van der Waals surface area contributed by atoms with Gasteiger partial charge in [-0.3, -0.25) is 9.59 Å². The van der Waals surface area contributed by atoms with Crippen molar-refractivity contribution in [1.82, 2.24) is 9.62 Å². The second kappa shape index (κ2) is 9.75. The zero-order chi connectivity index (χ0) is 23.5. The zero-order valence-electron chi connectivity index (χ0n) is 18.9. The molecule has 1 unspecified atom stereocenters. The smallest absolute Gasteiger partial charge is 0.253 e. The number of hydrogen-bond donors (Lipinski definition) is 1. The Morgan fingerprint density at radius 3 is 2.34 bits per heavy atom. The Hall–Kier alpha value is -2.84. The van der Waals surface area contributed by atoms with E-state index in [4.69, 9.17) is 0 Å². The van der Waals surface area contributed by atoms with Crippen LogP contribution in [-0.2, 0) is 14.8 Å². The van der Waals surface area contributed by atoms with Gasteiger partial charge >= 0.3 is 0 Å². The fourth-order valence-corrected chi connectivity index (χ4v) is 5.18. The number of carbonyl (C=O) groups excluding carboxylic acids is 2. The first-order chi connectivity index (χ1) is 15.2. The maximum atomic E-state index is 12.6. The number of nitrogens with zero attached hydrogens (tertiary/aromatic N) is 2. The summed E-state index contributed by atoms with van der Waals surface area (Å²) in [5, 5.41) is 4.47. The van der Waals surface area contributed by atoms with Gasteiger partial charge in [-0.25, -0.2) is 13.4 Å². The van der Waals surface area contributed by atoms with Gasteiger partial charge in [-0.15, -0.1) is 0 Å². The lowest BCUT2D eigenvalue weighted by Gasteiger charge is -2.18. The quantitative estimate of drug-likeness (QED) is 0.656. The third-order valence-electron chi connectivity index (χ3n) is 5.85. The van der Waals surface area contributed by atoms with Crippen molar-refractivity contribution in [2.45, 2.75) is 39.0 Å². The number of amides is 2. The molecule has 1 heterocycles. The highest BCUT2D eigenvalue weighted by Gasteiger charge is 2.22. The highest BCUT2D eigenvalue weighted by Crippen LogP contribution is 2.16. The number of sulfonamides is 1. The molecule has 1 N–H and O–H groups in total. The Bertz CT molecular complexity index is 1250. The summed E-state index contributed by atoms with van der Waals surface area (Å²) in [6, 6.07) is 9.87. The summed E-state index contributed by atoms with van der Waals surface area (Å²) < 4.78 is 26.5. The maximum absolute atomic E-state index is 12.6. The molecule has 1 aliphatic heterocycles. The molecule has 7 nitrogen and oxygen atoms in total. The monoisotopic (exact) mass is 455 g/mol. The summed E-state index contributed by atoms with van der Waals surface area (Å²) in [4.78, 5) is 29.3. The fraction of sp³-hybridized carbons (Fsp3) is 0.375. The van der Waals surface area contributed by atoms with E-state index in [2.05, 4.69) is 10.3 Å².